The maximum absolute atomic E-state index is 13.2. The summed E-state index contributed by atoms with van der Waals surface area (Å²) in [6.07, 6.45) is 3.23. The van der Waals surface area contributed by atoms with Gasteiger partial charge in [0, 0.05) is 36.9 Å². The Morgan fingerprint density at radius 2 is 2.24 bits per heavy atom. The number of hydrogen-bond acceptors (Lipinski definition) is 4. The molecule has 0 spiro atoms. The highest BCUT2D eigenvalue weighted by Gasteiger charge is 2.21. The zero-order chi connectivity index (χ0) is 17.6. The minimum atomic E-state index is -0.608. The number of likely N-dealkylation sites (tertiary alicyclic amines) is 1. The van der Waals surface area contributed by atoms with Gasteiger partial charge in [-0.2, -0.15) is 0 Å². The lowest BCUT2D eigenvalue weighted by molar-refractivity contribution is 0.141. The van der Waals surface area contributed by atoms with E-state index in [2.05, 4.69) is 15.2 Å². The number of piperidine rings is 1. The van der Waals surface area contributed by atoms with Gasteiger partial charge >= 0.3 is 0 Å². The van der Waals surface area contributed by atoms with E-state index in [1.165, 1.54) is 12.1 Å². The maximum atomic E-state index is 13.2. The highest BCUT2D eigenvalue weighted by Crippen LogP contribution is 2.21. The zero-order valence-corrected chi connectivity index (χ0v) is 14.8. The monoisotopic (exact) mass is 363 g/mol. The molecule has 1 aromatic carbocycles. The molecule has 2 aromatic rings. The fraction of sp³-hybridized carbons (Fsp3) is 0.421. The Morgan fingerprint density at radius 3 is 3.00 bits per heavy atom. The number of nitrogens with zero attached hydrogens (tertiary/aromatic N) is 2. The lowest BCUT2D eigenvalue weighted by atomic mass is 10.0. The Morgan fingerprint density at radius 1 is 1.36 bits per heavy atom. The van der Waals surface area contributed by atoms with Crippen LogP contribution in [0.15, 0.2) is 42.6 Å². The lowest BCUT2D eigenvalue weighted by Gasteiger charge is -2.34. The molecule has 0 radical (unpaired) electrons. The van der Waals surface area contributed by atoms with Crippen LogP contribution in [0.1, 0.15) is 30.2 Å². The van der Waals surface area contributed by atoms with Gasteiger partial charge in [0.15, 0.2) is 0 Å². The van der Waals surface area contributed by atoms with E-state index in [-0.39, 0.29) is 5.82 Å². The van der Waals surface area contributed by atoms with Gasteiger partial charge in [0.1, 0.15) is 11.9 Å². The van der Waals surface area contributed by atoms with Crippen molar-refractivity contribution in [2.75, 3.05) is 19.6 Å². The summed E-state index contributed by atoms with van der Waals surface area (Å²) in [5.41, 5.74) is 1.62. The third kappa shape index (κ3) is 5.22. The second kappa shape index (κ2) is 8.72. The van der Waals surface area contributed by atoms with E-state index < -0.39 is 6.10 Å². The lowest BCUT2D eigenvalue weighted by Crippen LogP contribution is -2.46. The molecular weight excluding hydrogens is 341 g/mol. The highest BCUT2D eigenvalue weighted by atomic mass is 35.5. The normalized spacial score (nSPS) is 19.7. The second-order valence-electron chi connectivity index (χ2n) is 6.49. The van der Waals surface area contributed by atoms with Crippen molar-refractivity contribution in [3.8, 4) is 0 Å². The van der Waals surface area contributed by atoms with Gasteiger partial charge in [-0.1, -0.05) is 23.7 Å². The number of aliphatic hydroxyl groups is 1. The van der Waals surface area contributed by atoms with Crippen LogP contribution >= 0.6 is 11.6 Å². The quantitative estimate of drug-likeness (QED) is 0.827. The van der Waals surface area contributed by atoms with E-state index in [1.807, 2.05) is 18.2 Å². The molecule has 1 saturated heterocycles. The van der Waals surface area contributed by atoms with Gasteiger partial charge in [0.25, 0.3) is 0 Å². The van der Waals surface area contributed by atoms with Gasteiger partial charge in [-0.05, 0) is 49.2 Å². The summed E-state index contributed by atoms with van der Waals surface area (Å²) in [4.78, 5) is 6.50. The Kier molecular flexibility index (Phi) is 6.37. The van der Waals surface area contributed by atoms with Crippen LogP contribution < -0.4 is 5.32 Å². The second-order valence-corrected chi connectivity index (χ2v) is 6.90. The van der Waals surface area contributed by atoms with Gasteiger partial charge in [-0.25, -0.2) is 4.39 Å². The first-order valence-electron chi connectivity index (χ1n) is 8.60. The Balaban J connectivity index is 1.51. The van der Waals surface area contributed by atoms with E-state index in [0.29, 0.717) is 29.8 Å². The molecule has 4 nitrogen and oxygen atoms in total. The average Bonchev–Trinajstić information content (AvgIpc) is 2.63. The number of rotatable bonds is 6. The molecule has 0 saturated carbocycles. The van der Waals surface area contributed by atoms with Gasteiger partial charge in [-0.15, -0.1) is 0 Å². The number of pyridine rings is 1. The van der Waals surface area contributed by atoms with Crippen molar-refractivity contribution in [2.45, 2.75) is 31.5 Å². The van der Waals surface area contributed by atoms with Crippen LogP contribution in [0.4, 0.5) is 4.39 Å². The summed E-state index contributed by atoms with van der Waals surface area (Å²) in [5, 5.41) is 14.1. The van der Waals surface area contributed by atoms with Crippen molar-refractivity contribution in [3.63, 3.8) is 0 Å². The number of benzene rings is 1. The molecule has 0 amide bonds. The number of hydrogen-bond donors (Lipinski definition) is 2. The highest BCUT2D eigenvalue weighted by molar-refractivity contribution is 6.31. The predicted molar refractivity (Wildman–Crippen MR) is 96.9 cm³/mol. The third-order valence-corrected chi connectivity index (χ3v) is 4.90. The summed E-state index contributed by atoms with van der Waals surface area (Å²) >= 11 is 6.13. The van der Waals surface area contributed by atoms with Crippen LogP contribution in [-0.4, -0.2) is 40.7 Å². The fourth-order valence-corrected chi connectivity index (χ4v) is 3.44. The molecule has 2 atom stereocenters. The van der Waals surface area contributed by atoms with Crippen LogP contribution in [0.2, 0.25) is 5.02 Å². The predicted octanol–water partition coefficient (Wildman–Crippen LogP) is 3.16. The molecule has 1 aliphatic heterocycles. The first-order chi connectivity index (χ1) is 12.1. The largest absolute Gasteiger partial charge is 0.385 e. The molecule has 134 valence electrons. The molecule has 2 unspecified atom stereocenters. The SMILES string of the molecule is OC(CNC1CCCN(Cc2ccc(F)cc2Cl)C1)c1ccccn1. The molecule has 1 aliphatic rings. The molecular formula is C19H23ClFN3O. The van der Waals surface area contributed by atoms with Crippen molar-refractivity contribution < 1.29 is 9.50 Å². The molecule has 1 fully saturated rings. The van der Waals surface area contributed by atoms with Crippen molar-refractivity contribution >= 4 is 11.6 Å². The average molecular weight is 364 g/mol. The van der Waals surface area contributed by atoms with Crippen LogP contribution in [0.3, 0.4) is 0 Å². The number of aromatic nitrogens is 1. The Bertz CT molecular complexity index is 686. The standard InChI is InChI=1S/C19H23ClFN3O/c20-17-10-15(21)7-6-14(17)12-24-9-3-4-16(13-24)23-11-19(25)18-5-1-2-8-22-18/h1-2,5-8,10,16,19,23,25H,3-4,9,11-13H2. The number of nitrogens with one attached hydrogen (secondary N) is 1. The molecule has 25 heavy (non-hydrogen) atoms. The third-order valence-electron chi connectivity index (χ3n) is 4.54. The molecule has 2 heterocycles. The molecule has 0 bridgehead atoms. The Labute approximate surface area is 152 Å². The topological polar surface area (TPSA) is 48.4 Å². The number of aliphatic hydroxyl groups excluding tert-OH is 1. The van der Waals surface area contributed by atoms with Crippen LogP contribution in [0, 0.1) is 5.82 Å². The Hall–Kier alpha value is -1.53. The molecule has 6 heteroatoms. The van der Waals surface area contributed by atoms with Crippen molar-refractivity contribution in [1.82, 2.24) is 15.2 Å². The smallest absolute Gasteiger partial charge is 0.124 e. The summed E-state index contributed by atoms with van der Waals surface area (Å²) in [5.74, 6) is -0.310. The van der Waals surface area contributed by atoms with E-state index in [9.17, 15) is 9.50 Å². The summed E-state index contributed by atoms with van der Waals surface area (Å²) in [6.45, 7) is 3.06. The van der Waals surface area contributed by atoms with Crippen molar-refractivity contribution in [1.29, 1.82) is 0 Å². The maximum Gasteiger partial charge on any atom is 0.124 e. The van der Waals surface area contributed by atoms with E-state index in [4.69, 9.17) is 11.6 Å². The van der Waals surface area contributed by atoms with Gasteiger partial charge in [0.2, 0.25) is 0 Å². The van der Waals surface area contributed by atoms with Crippen LogP contribution in [-0.2, 0) is 6.54 Å². The van der Waals surface area contributed by atoms with Gasteiger partial charge in [0.05, 0.1) is 5.69 Å². The number of halogens is 2. The summed E-state index contributed by atoms with van der Waals surface area (Å²) in [6, 6.07) is 10.4. The molecule has 3 rings (SSSR count). The van der Waals surface area contributed by atoms with E-state index in [1.54, 1.807) is 12.3 Å². The molecule has 2 N–H and O–H groups in total. The first-order valence-corrected chi connectivity index (χ1v) is 8.98. The van der Waals surface area contributed by atoms with Gasteiger partial charge < -0.3 is 10.4 Å². The van der Waals surface area contributed by atoms with E-state index >= 15 is 0 Å². The molecule has 0 aliphatic carbocycles. The van der Waals surface area contributed by atoms with Crippen LogP contribution in [0.25, 0.3) is 0 Å². The van der Waals surface area contributed by atoms with Gasteiger partial charge in [-0.3, -0.25) is 9.88 Å². The zero-order valence-electron chi connectivity index (χ0n) is 14.0. The van der Waals surface area contributed by atoms with Crippen molar-refractivity contribution in [2.24, 2.45) is 0 Å². The minimum Gasteiger partial charge on any atom is -0.385 e. The summed E-state index contributed by atoms with van der Waals surface area (Å²) in [7, 11) is 0. The van der Waals surface area contributed by atoms with E-state index in [0.717, 1.165) is 31.5 Å². The molecule has 1 aromatic heterocycles. The summed E-state index contributed by atoms with van der Waals surface area (Å²) < 4.78 is 13.2. The fourth-order valence-electron chi connectivity index (χ4n) is 3.21. The van der Waals surface area contributed by atoms with Crippen molar-refractivity contribution in [3.05, 3.63) is 64.7 Å². The van der Waals surface area contributed by atoms with Crippen LogP contribution in [0.5, 0.6) is 0 Å². The minimum absolute atomic E-state index is 0.310. The first kappa shape index (κ1) is 18.3.